The van der Waals surface area contributed by atoms with E-state index in [0.717, 1.165) is 50.1 Å². The van der Waals surface area contributed by atoms with Crippen molar-refractivity contribution in [1.82, 2.24) is 9.88 Å². The third-order valence-corrected chi connectivity index (χ3v) is 10.2. The molecule has 0 N–H and O–H groups in total. The molecule has 0 bridgehead atoms. The van der Waals surface area contributed by atoms with E-state index in [9.17, 15) is 18.0 Å². The molecular weight excluding hydrogens is 461 g/mol. The molecule has 0 radical (unpaired) electrons. The Morgan fingerprint density at radius 3 is 2.33 bits per heavy atom. The first-order valence-electron chi connectivity index (χ1n) is 14.6. The lowest BCUT2D eigenvalue weighted by atomic mass is 9.77. The van der Waals surface area contributed by atoms with E-state index < -0.39 is 11.7 Å². The quantitative estimate of drug-likeness (QED) is 0.389. The van der Waals surface area contributed by atoms with Crippen LogP contribution in [0, 0.1) is 29.1 Å². The van der Waals surface area contributed by atoms with Crippen LogP contribution in [0.3, 0.4) is 0 Å². The van der Waals surface area contributed by atoms with Crippen molar-refractivity contribution in [3.05, 3.63) is 29.1 Å². The minimum atomic E-state index is -4.40. The molecule has 5 atom stereocenters. The van der Waals surface area contributed by atoms with Gasteiger partial charge in [0.1, 0.15) is 0 Å². The summed E-state index contributed by atoms with van der Waals surface area (Å²) in [6.07, 6.45) is 16.1. The second kappa shape index (κ2) is 10.6. The summed E-state index contributed by atoms with van der Waals surface area (Å²) < 4.78 is 38.9. The van der Waals surface area contributed by atoms with Crippen LogP contribution in [0.2, 0.25) is 0 Å². The van der Waals surface area contributed by atoms with Crippen LogP contribution in [0.15, 0.2) is 12.3 Å². The van der Waals surface area contributed by atoms with Gasteiger partial charge >= 0.3 is 6.18 Å². The Balaban J connectivity index is 0.000000202. The molecular formula is C30H43F3N2O. The van der Waals surface area contributed by atoms with Crippen molar-refractivity contribution in [3.8, 4) is 0 Å². The molecule has 5 unspecified atom stereocenters. The molecule has 1 aromatic heterocycles. The number of alkyl halides is 3. The van der Waals surface area contributed by atoms with Gasteiger partial charge in [-0.3, -0.25) is 9.78 Å². The number of aromatic nitrogens is 1. The topological polar surface area (TPSA) is 33.2 Å². The molecule has 0 spiro atoms. The summed E-state index contributed by atoms with van der Waals surface area (Å²) in [4.78, 5) is 19.1. The van der Waals surface area contributed by atoms with Crippen molar-refractivity contribution >= 4 is 5.91 Å². The number of amides is 1. The molecule has 0 aromatic carbocycles. The van der Waals surface area contributed by atoms with E-state index in [1.54, 1.807) is 30.6 Å². The predicted octanol–water partition coefficient (Wildman–Crippen LogP) is 7.96. The van der Waals surface area contributed by atoms with E-state index in [0.29, 0.717) is 36.1 Å². The van der Waals surface area contributed by atoms with E-state index in [1.807, 2.05) is 0 Å². The zero-order valence-corrected chi connectivity index (χ0v) is 21.9. The van der Waals surface area contributed by atoms with Gasteiger partial charge in [0, 0.05) is 31.4 Å². The number of carbonyl (C=O) groups is 1. The normalized spacial score (nSPS) is 34.1. The first kappa shape index (κ1) is 26.0. The number of pyridine rings is 1. The summed E-state index contributed by atoms with van der Waals surface area (Å²) in [5, 5.41) is 0. The van der Waals surface area contributed by atoms with Crippen LogP contribution in [0.1, 0.15) is 114 Å². The van der Waals surface area contributed by atoms with Gasteiger partial charge in [0.05, 0.1) is 11.0 Å². The molecule has 0 saturated heterocycles. The molecule has 1 aliphatic heterocycles. The van der Waals surface area contributed by atoms with Crippen LogP contribution < -0.4 is 0 Å². The largest absolute Gasteiger partial charge is 0.417 e. The van der Waals surface area contributed by atoms with Crippen LogP contribution in [0.25, 0.3) is 0 Å². The van der Waals surface area contributed by atoms with Crippen molar-refractivity contribution in [2.24, 2.45) is 29.1 Å². The third kappa shape index (κ3) is 5.34. The number of hydrogen-bond donors (Lipinski definition) is 0. The standard InChI is InChI=1S/C19H23F3N2O.C11H20/c1-12-7-14-3-2-5-18(14,9-12)17(25)24-6-4-16-13(11-24)8-15(10-23-16)19(20,21)22;1-2-6-10-8-4-5-9-11(10)7-3-1/h8,10,12,14H,2-7,9,11H2,1H3;10-11H,1-9H2. The van der Waals surface area contributed by atoms with Gasteiger partial charge in [-0.25, -0.2) is 0 Å². The van der Waals surface area contributed by atoms with Gasteiger partial charge in [-0.05, 0) is 61.0 Å². The van der Waals surface area contributed by atoms with E-state index in [4.69, 9.17) is 0 Å². The first-order chi connectivity index (χ1) is 17.3. The smallest absolute Gasteiger partial charge is 0.337 e. The molecule has 6 heteroatoms. The molecule has 1 aromatic rings. The molecule has 4 saturated carbocycles. The number of hydrogen-bond acceptors (Lipinski definition) is 2. The second-order valence-electron chi connectivity index (χ2n) is 12.5. The van der Waals surface area contributed by atoms with Crippen LogP contribution in [-0.2, 0) is 23.9 Å². The highest BCUT2D eigenvalue weighted by molar-refractivity contribution is 5.84. The van der Waals surface area contributed by atoms with Crippen LogP contribution in [0.4, 0.5) is 13.2 Å². The maximum Gasteiger partial charge on any atom is 0.417 e. The highest BCUT2D eigenvalue weighted by Crippen LogP contribution is 2.57. The fraction of sp³-hybridized carbons (Fsp3) is 0.800. The molecule has 6 rings (SSSR count). The molecule has 4 fully saturated rings. The highest BCUT2D eigenvalue weighted by Gasteiger charge is 2.55. The van der Waals surface area contributed by atoms with Gasteiger partial charge in [-0.1, -0.05) is 71.1 Å². The minimum absolute atomic E-state index is 0.169. The summed E-state index contributed by atoms with van der Waals surface area (Å²) in [7, 11) is 0. The molecule has 3 nitrogen and oxygen atoms in total. The summed E-state index contributed by atoms with van der Waals surface area (Å²) in [5.41, 5.74) is 0.252. The summed E-state index contributed by atoms with van der Waals surface area (Å²) in [6, 6.07) is 1.17. The third-order valence-electron chi connectivity index (χ3n) is 10.2. The van der Waals surface area contributed by atoms with Gasteiger partial charge in [-0.15, -0.1) is 0 Å². The molecule has 5 aliphatic rings. The van der Waals surface area contributed by atoms with Crippen molar-refractivity contribution in [1.29, 1.82) is 0 Å². The Bertz CT molecular complexity index is 917. The number of nitrogens with zero attached hydrogens (tertiary/aromatic N) is 2. The zero-order chi connectivity index (χ0) is 25.3. The first-order valence-corrected chi connectivity index (χ1v) is 14.6. The lowest BCUT2D eigenvalue weighted by molar-refractivity contribution is -0.144. The minimum Gasteiger partial charge on any atom is -0.337 e. The summed E-state index contributed by atoms with van der Waals surface area (Å²) in [6.45, 7) is 3.03. The molecule has 2 heterocycles. The Hall–Kier alpha value is -1.59. The van der Waals surface area contributed by atoms with Gasteiger partial charge in [-0.2, -0.15) is 13.2 Å². The number of fused-ring (bicyclic) bond motifs is 3. The molecule has 1 amide bonds. The van der Waals surface area contributed by atoms with Crippen molar-refractivity contribution in [2.45, 2.75) is 116 Å². The molecule has 4 aliphatic carbocycles. The molecule has 200 valence electrons. The average Bonchev–Trinajstić information content (AvgIpc) is 3.29. The number of carbonyl (C=O) groups excluding carboxylic acids is 1. The molecule has 36 heavy (non-hydrogen) atoms. The van der Waals surface area contributed by atoms with Gasteiger partial charge in [0.15, 0.2) is 0 Å². The van der Waals surface area contributed by atoms with E-state index in [2.05, 4.69) is 11.9 Å². The van der Waals surface area contributed by atoms with Crippen LogP contribution in [0.5, 0.6) is 0 Å². The van der Waals surface area contributed by atoms with Crippen LogP contribution in [-0.4, -0.2) is 22.3 Å². The Labute approximate surface area is 214 Å². The van der Waals surface area contributed by atoms with Gasteiger partial charge in [0.2, 0.25) is 5.91 Å². The Morgan fingerprint density at radius 1 is 1.00 bits per heavy atom. The monoisotopic (exact) mass is 504 g/mol. The van der Waals surface area contributed by atoms with Crippen molar-refractivity contribution in [3.63, 3.8) is 0 Å². The fourth-order valence-electron chi connectivity index (χ4n) is 8.42. The Kier molecular flexibility index (Phi) is 7.70. The lowest BCUT2D eigenvalue weighted by Crippen LogP contribution is -2.46. The summed E-state index contributed by atoms with van der Waals surface area (Å²) in [5.74, 6) is 3.47. The van der Waals surface area contributed by atoms with Crippen LogP contribution >= 0.6 is 0 Å². The Morgan fingerprint density at radius 2 is 1.67 bits per heavy atom. The average molecular weight is 505 g/mol. The highest BCUT2D eigenvalue weighted by atomic mass is 19.4. The lowest BCUT2D eigenvalue weighted by Gasteiger charge is -2.37. The number of rotatable bonds is 1. The van der Waals surface area contributed by atoms with E-state index in [-0.39, 0.29) is 17.9 Å². The maximum atomic E-state index is 13.3. The predicted molar refractivity (Wildman–Crippen MR) is 135 cm³/mol. The van der Waals surface area contributed by atoms with E-state index >= 15 is 0 Å². The number of halogens is 3. The fourth-order valence-corrected chi connectivity index (χ4v) is 8.42. The maximum absolute atomic E-state index is 13.3. The zero-order valence-electron chi connectivity index (χ0n) is 21.9. The summed E-state index contributed by atoms with van der Waals surface area (Å²) >= 11 is 0. The van der Waals surface area contributed by atoms with Crippen molar-refractivity contribution in [2.75, 3.05) is 6.54 Å². The van der Waals surface area contributed by atoms with Crippen molar-refractivity contribution < 1.29 is 18.0 Å². The van der Waals surface area contributed by atoms with E-state index in [1.165, 1.54) is 38.2 Å². The van der Waals surface area contributed by atoms with Gasteiger partial charge < -0.3 is 4.90 Å². The van der Waals surface area contributed by atoms with Gasteiger partial charge in [0.25, 0.3) is 0 Å². The SMILES string of the molecule is C1CCC2CCCCC2CC1.CC1CC2CCCC2(C(=O)N2CCc3ncc(C(F)(F)F)cc3C2)C1. The second-order valence-corrected chi connectivity index (χ2v) is 12.5.